The smallest absolute Gasteiger partial charge is 0.258 e. The van der Waals surface area contributed by atoms with Crippen LogP contribution in [-0.2, 0) is 16.1 Å². The van der Waals surface area contributed by atoms with Crippen molar-refractivity contribution in [1.82, 2.24) is 20.2 Å². The normalized spacial score (nSPS) is 16.8. The molecule has 2 aliphatic rings. The molecule has 0 bridgehead atoms. The Morgan fingerprint density at radius 2 is 1.91 bits per heavy atom. The van der Waals surface area contributed by atoms with Gasteiger partial charge in [0.15, 0.2) is 0 Å². The maximum absolute atomic E-state index is 13.0. The number of methoxy groups -OCH3 is 1. The minimum absolute atomic E-state index is 0.0993. The Bertz CT molecular complexity index is 1360. The third-order valence-corrected chi connectivity index (χ3v) is 6.04. The quantitative estimate of drug-likeness (QED) is 0.526. The van der Waals surface area contributed by atoms with Crippen molar-refractivity contribution < 1.29 is 23.9 Å². The van der Waals surface area contributed by atoms with Crippen LogP contribution in [0.4, 0.5) is 5.69 Å². The van der Waals surface area contributed by atoms with Gasteiger partial charge < -0.3 is 15.0 Å². The lowest BCUT2D eigenvalue weighted by molar-refractivity contribution is -0.128. The van der Waals surface area contributed by atoms with Gasteiger partial charge in [-0.3, -0.25) is 29.5 Å². The summed E-state index contributed by atoms with van der Waals surface area (Å²) in [4.78, 5) is 59.5. The van der Waals surface area contributed by atoms with Crippen LogP contribution in [-0.4, -0.2) is 52.2 Å². The molecule has 1 atom stereocenters. The molecule has 1 aromatic carbocycles. The molecule has 0 spiro atoms. The fourth-order valence-corrected chi connectivity index (χ4v) is 4.23. The Morgan fingerprint density at radius 3 is 2.69 bits per heavy atom. The maximum atomic E-state index is 13.0. The van der Waals surface area contributed by atoms with E-state index in [1.807, 2.05) is 12.1 Å². The number of pyridine rings is 2. The fraction of sp³-hybridized carbons (Fsp3) is 0.200. The largest absolute Gasteiger partial charge is 0.480 e. The maximum Gasteiger partial charge on any atom is 0.258 e. The average Bonchev–Trinajstić information content (AvgIpc) is 3.37. The van der Waals surface area contributed by atoms with E-state index in [0.717, 1.165) is 5.69 Å². The molecule has 1 fully saturated rings. The summed E-state index contributed by atoms with van der Waals surface area (Å²) in [6, 6.07) is 12.1. The van der Waals surface area contributed by atoms with Gasteiger partial charge in [-0.2, -0.15) is 0 Å². The fourth-order valence-electron chi connectivity index (χ4n) is 4.23. The van der Waals surface area contributed by atoms with Gasteiger partial charge in [0.25, 0.3) is 11.8 Å². The van der Waals surface area contributed by atoms with Crippen molar-refractivity contribution in [3.05, 3.63) is 71.7 Å². The summed E-state index contributed by atoms with van der Waals surface area (Å²) in [6.45, 7) is 0.628. The van der Waals surface area contributed by atoms with Crippen LogP contribution in [0.3, 0.4) is 0 Å². The summed E-state index contributed by atoms with van der Waals surface area (Å²) in [5, 5.41) is 5.10. The average molecular weight is 471 g/mol. The molecule has 2 aromatic heterocycles. The lowest BCUT2D eigenvalue weighted by Gasteiger charge is -2.16. The van der Waals surface area contributed by atoms with Crippen molar-refractivity contribution in [2.75, 3.05) is 19.0 Å². The highest BCUT2D eigenvalue weighted by Crippen LogP contribution is 2.31. The van der Waals surface area contributed by atoms with E-state index in [0.29, 0.717) is 28.9 Å². The molecule has 2 N–H and O–H groups in total. The van der Waals surface area contributed by atoms with E-state index in [9.17, 15) is 19.2 Å². The number of rotatable bonds is 6. The third kappa shape index (κ3) is 4.33. The van der Waals surface area contributed by atoms with E-state index in [1.54, 1.807) is 47.6 Å². The van der Waals surface area contributed by atoms with Crippen LogP contribution >= 0.6 is 0 Å². The number of imide groups is 1. The molecule has 1 saturated heterocycles. The SMILES string of the molecule is COc1ncc(-c2ccc3c(c2)C(=O)NC3=O)cc1NC(=O)[C@H]1CC(=O)N(Cc2ccccn2)C1. The van der Waals surface area contributed by atoms with E-state index in [2.05, 4.69) is 20.6 Å². The van der Waals surface area contributed by atoms with E-state index in [-0.39, 0.29) is 36.2 Å². The number of hydrogen-bond acceptors (Lipinski definition) is 7. The molecule has 4 heterocycles. The van der Waals surface area contributed by atoms with E-state index < -0.39 is 17.7 Å². The summed E-state index contributed by atoms with van der Waals surface area (Å²) in [6.07, 6.45) is 3.32. The predicted octanol–water partition coefficient (Wildman–Crippen LogP) is 2.02. The van der Waals surface area contributed by atoms with Crippen LogP contribution in [0.1, 0.15) is 32.8 Å². The van der Waals surface area contributed by atoms with Gasteiger partial charge in [0.1, 0.15) is 5.69 Å². The number of benzene rings is 1. The lowest BCUT2D eigenvalue weighted by atomic mass is 10.0. The van der Waals surface area contributed by atoms with Crippen LogP contribution in [0.5, 0.6) is 5.88 Å². The Balaban J connectivity index is 1.34. The number of nitrogens with one attached hydrogen (secondary N) is 2. The standard InChI is InChI=1S/C25H21N5O5/c1-35-25-20(9-15(11-27-25)14-5-6-18-19(8-14)24(34)29-23(18)33)28-22(32)16-10-21(31)30(12-16)13-17-4-2-3-7-26-17/h2-9,11,16H,10,12-13H2,1H3,(H,28,32)(H,29,33,34)/t16-/m0/s1. The van der Waals surface area contributed by atoms with Crippen LogP contribution in [0, 0.1) is 5.92 Å². The minimum atomic E-state index is -0.533. The van der Waals surface area contributed by atoms with Crippen LogP contribution in [0.2, 0.25) is 0 Å². The van der Waals surface area contributed by atoms with E-state index >= 15 is 0 Å². The highest BCUT2D eigenvalue weighted by molar-refractivity contribution is 6.21. The number of carbonyl (C=O) groups excluding carboxylic acids is 4. The van der Waals surface area contributed by atoms with E-state index in [1.165, 1.54) is 7.11 Å². The first-order chi connectivity index (χ1) is 16.9. The molecule has 0 radical (unpaired) electrons. The summed E-state index contributed by atoms with van der Waals surface area (Å²) >= 11 is 0. The Kier molecular flexibility index (Phi) is 5.69. The number of anilines is 1. The zero-order valence-electron chi connectivity index (χ0n) is 18.8. The zero-order chi connectivity index (χ0) is 24.5. The Morgan fingerprint density at radius 1 is 1.09 bits per heavy atom. The van der Waals surface area contributed by atoms with Crippen LogP contribution in [0.25, 0.3) is 11.1 Å². The number of nitrogens with zero attached hydrogens (tertiary/aromatic N) is 3. The van der Waals surface area contributed by atoms with Gasteiger partial charge in [0.2, 0.25) is 17.7 Å². The van der Waals surface area contributed by atoms with Crippen molar-refractivity contribution in [2.24, 2.45) is 5.92 Å². The monoisotopic (exact) mass is 471 g/mol. The molecule has 0 unspecified atom stereocenters. The molecule has 3 aromatic rings. The number of fused-ring (bicyclic) bond motifs is 1. The number of hydrogen-bond donors (Lipinski definition) is 2. The number of aromatic nitrogens is 2. The summed E-state index contributed by atoms with van der Waals surface area (Å²) in [5.41, 5.74) is 2.96. The second-order valence-corrected chi connectivity index (χ2v) is 8.31. The highest BCUT2D eigenvalue weighted by atomic mass is 16.5. The van der Waals surface area contributed by atoms with Crippen LogP contribution in [0.15, 0.2) is 54.9 Å². The number of likely N-dealkylation sites (tertiary alicyclic amines) is 1. The van der Waals surface area contributed by atoms with Gasteiger partial charge in [-0.15, -0.1) is 0 Å². The number of carbonyl (C=O) groups is 4. The molecule has 0 saturated carbocycles. The Labute approximate surface area is 200 Å². The van der Waals surface area contributed by atoms with Gasteiger partial charge in [0, 0.05) is 30.9 Å². The second kappa shape index (κ2) is 8.98. The number of amides is 4. The Hall–Kier alpha value is -4.60. The first kappa shape index (κ1) is 22.2. The van der Waals surface area contributed by atoms with Gasteiger partial charge in [-0.25, -0.2) is 4.98 Å². The van der Waals surface area contributed by atoms with E-state index in [4.69, 9.17) is 4.74 Å². The zero-order valence-corrected chi connectivity index (χ0v) is 18.8. The molecular formula is C25H21N5O5. The predicted molar refractivity (Wildman–Crippen MR) is 124 cm³/mol. The molecule has 0 aliphatic carbocycles. The summed E-state index contributed by atoms with van der Waals surface area (Å²) in [5.74, 6) is -1.64. The topological polar surface area (TPSA) is 131 Å². The molecular weight excluding hydrogens is 450 g/mol. The lowest BCUT2D eigenvalue weighted by Crippen LogP contribution is -2.28. The highest BCUT2D eigenvalue weighted by Gasteiger charge is 2.35. The molecule has 5 rings (SSSR count). The molecule has 10 heteroatoms. The molecule has 10 nitrogen and oxygen atoms in total. The summed E-state index contributed by atoms with van der Waals surface area (Å²) in [7, 11) is 1.44. The first-order valence-electron chi connectivity index (χ1n) is 11.0. The van der Waals surface area contributed by atoms with Crippen molar-refractivity contribution >= 4 is 29.3 Å². The van der Waals surface area contributed by atoms with Crippen molar-refractivity contribution in [3.8, 4) is 17.0 Å². The third-order valence-electron chi connectivity index (χ3n) is 6.04. The van der Waals surface area contributed by atoms with Crippen molar-refractivity contribution in [3.63, 3.8) is 0 Å². The molecule has 35 heavy (non-hydrogen) atoms. The summed E-state index contributed by atoms with van der Waals surface area (Å²) < 4.78 is 5.31. The van der Waals surface area contributed by atoms with Crippen molar-refractivity contribution in [1.29, 1.82) is 0 Å². The van der Waals surface area contributed by atoms with Gasteiger partial charge in [0.05, 0.1) is 36.4 Å². The first-order valence-corrected chi connectivity index (χ1v) is 11.0. The van der Waals surface area contributed by atoms with Gasteiger partial charge in [-0.05, 0) is 35.9 Å². The number of ether oxygens (including phenoxy) is 1. The second-order valence-electron chi connectivity index (χ2n) is 8.31. The van der Waals surface area contributed by atoms with Gasteiger partial charge >= 0.3 is 0 Å². The minimum Gasteiger partial charge on any atom is -0.480 e. The molecule has 176 valence electrons. The molecule has 2 aliphatic heterocycles. The van der Waals surface area contributed by atoms with Gasteiger partial charge in [-0.1, -0.05) is 12.1 Å². The van der Waals surface area contributed by atoms with Crippen molar-refractivity contribution in [2.45, 2.75) is 13.0 Å². The van der Waals surface area contributed by atoms with Crippen LogP contribution < -0.4 is 15.4 Å². The molecule has 4 amide bonds.